The third-order valence-electron chi connectivity index (χ3n) is 4.33. The van der Waals surface area contributed by atoms with Crippen LogP contribution in [0.5, 0.6) is 0 Å². The molecule has 0 aliphatic heterocycles. The van der Waals surface area contributed by atoms with Crippen LogP contribution in [-0.4, -0.2) is 12.6 Å². The maximum Gasteiger partial charge on any atom is 0.312 e. The summed E-state index contributed by atoms with van der Waals surface area (Å²) in [6.45, 7) is 17.5. The summed E-state index contributed by atoms with van der Waals surface area (Å²) in [7, 11) is 0. The lowest BCUT2D eigenvalue weighted by molar-refractivity contribution is -0.164. The molecule has 0 aromatic heterocycles. The lowest BCUT2D eigenvalue weighted by Gasteiger charge is -2.47. The number of carbonyl (C=O) groups is 1. The predicted octanol–water partition coefficient (Wildman–Crippen LogP) is 4.82. The van der Waals surface area contributed by atoms with Crippen LogP contribution in [0.15, 0.2) is 0 Å². The molecule has 0 aliphatic rings. The molecule has 0 aliphatic carbocycles. The Morgan fingerprint density at radius 2 is 1.39 bits per heavy atom. The minimum Gasteiger partial charge on any atom is -0.466 e. The highest BCUT2D eigenvalue weighted by atomic mass is 16.5. The van der Waals surface area contributed by atoms with Crippen molar-refractivity contribution in [3.63, 3.8) is 0 Å². The average Bonchev–Trinajstić information content (AvgIpc) is 2.24. The van der Waals surface area contributed by atoms with E-state index in [1.54, 1.807) is 0 Å². The van der Waals surface area contributed by atoms with Crippen LogP contribution in [0.25, 0.3) is 0 Å². The molecular formula is C16H32O2. The second-order valence-corrected chi connectivity index (χ2v) is 7.07. The number of carbonyl (C=O) groups excluding carboxylic acids is 1. The first-order valence-electron chi connectivity index (χ1n) is 7.23. The van der Waals surface area contributed by atoms with Crippen LogP contribution in [0.4, 0.5) is 0 Å². The average molecular weight is 256 g/mol. The van der Waals surface area contributed by atoms with Crippen molar-refractivity contribution in [1.29, 1.82) is 0 Å². The van der Waals surface area contributed by atoms with Crippen LogP contribution < -0.4 is 0 Å². The summed E-state index contributed by atoms with van der Waals surface area (Å²) in [4.78, 5) is 12.3. The van der Waals surface area contributed by atoms with Crippen molar-refractivity contribution in [2.75, 3.05) is 6.61 Å². The molecule has 108 valence electrons. The van der Waals surface area contributed by atoms with Crippen LogP contribution in [0.3, 0.4) is 0 Å². The van der Waals surface area contributed by atoms with Gasteiger partial charge in [0.2, 0.25) is 0 Å². The van der Waals surface area contributed by atoms with Crippen LogP contribution in [0, 0.1) is 16.2 Å². The molecule has 0 saturated heterocycles. The molecule has 0 fully saturated rings. The van der Waals surface area contributed by atoms with Gasteiger partial charge >= 0.3 is 5.97 Å². The number of ether oxygens (including phenoxy) is 1. The summed E-state index contributed by atoms with van der Waals surface area (Å²) in [6, 6.07) is 0. The summed E-state index contributed by atoms with van der Waals surface area (Å²) in [5.41, 5.74) is -0.201. The fourth-order valence-electron chi connectivity index (χ4n) is 3.15. The maximum atomic E-state index is 12.3. The molecule has 0 amide bonds. The van der Waals surface area contributed by atoms with E-state index < -0.39 is 5.41 Å². The molecule has 0 spiro atoms. The molecule has 2 heteroatoms. The monoisotopic (exact) mass is 256 g/mol. The summed E-state index contributed by atoms with van der Waals surface area (Å²) < 4.78 is 5.29. The summed E-state index contributed by atoms with van der Waals surface area (Å²) in [5, 5.41) is 0. The summed E-state index contributed by atoms with van der Waals surface area (Å²) in [6.07, 6.45) is 3.05. The zero-order valence-electron chi connectivity index (χ0n) is 13.6. The SMILES string of the molecule is CCOC(=O)C(C)(C)C(CC)(CC)CC(C)(C)C. The molecule has 0 bridgehead atoms. The highest BCUT2D eigenvalue weighted by Gasteiger charge is 2.49. The van der Waals surface area contributed by atoms with Crippen molar-refractivity contribution >= 4 is 5.97 Å². The van der Waals surface area contributed by atoms with E-state index in [0.717, 1.165) is 19.3 Å². The minimum absolute atomic E-state index is 0.0114. The Balaban J connectivity index is 5.37. The number of esters is 1. The zero-order valence-corrected chi connectivity index (χ0v) is 13.6. The van der Waals surface area contributed by atoms with Gasteiger partial charge in [-0.1, -0.05) is 34.6 Å². The number of rotatable bonds is 6. The molecule has 0 N–H and O–H groups in total. The van der Waals surface area contributed by atoms with E-state index in [1.807, 2.05) is 20.8 Å². The first-order chi connectivity index (χ1) is 8.06. The molecule has 0 unspecified atom stereocenters. The Kier molecular flexibility index (Phi) is 5.90. The highest BCUT2D eigenvalue weighted by molar-refractivity contribution is 5.77. The van der Waals surface area contributed by atoms with Crippen molar-refractivity contribution in [3.8, 4) is 0 Å². The van der Waals surface area contributed by atoms with Gasteiger partial charge in [-0.15, -0.1) is 0 Å². The van der Waals surface area contributed by atoms with Crippen LogP contribution in [-0.2, 0) is 9.53 Å². The Bertz CT molecular complexity index is 267. The van der Waals surface area contributed by atoms with Crippen molar-refractivity contribution in [3.05, 3.63) is 0 Å². The standard InChI is InChI=1S/C16H32O2/c1-9-16(10-2,12-14(4,5)6)15(7,8)13(17)18-11-3/h9-12H2,1-8H3. The maximum absolute atomic E-state index is 12.3. The Morgan fingerprint density at radius 1 is 0.944 bits per heavy atom. The fraction of sp³-hybridized carbons (Fsp3) is 0.938. The summed E-state index contributed by atoms with van der Waals surface area (Å²) in [5.74, 6) is -0.0575. The van der Waals surface area contributed by atoms with Gasteiger partial charge in [-0.25, -0.2) is 0 Å². The molecule has 18 heavy (non-hydrogen) atoms. The van der Waals surface area contributed by atoms with Gasteiger partial charge in [0.15, 0.2) is 0 Å². The number of hydrogen-bond donors (Lipinski definition) is 0. The van der Waals surface area contributed by atoms with E-state index in [-0.39, 0.29) is 16.8 Å². The Hall–Kier alpha value is -0.530. The topological polar surface area (TPSA) is 26.3 Å². The molecule has 0 radical (unpaired) electrons. The smallest absolute Gasteiger partial charge is 0.312 e. The van der Waals surface area contributed by atoms with Gasteiger partial charge in [0.1, 0.15) is 0 Å². The first-order valence-corrected chi connectivity index (χ1v) is 7.23. The van der Waals surface area contributed by atoms with E-state index in [9.17, 15) is 4.79 Å². The molecule has 0 heterocycles. The Labute approximate surface area is 113 Å². The van der Waals surface area contributed by atoms with Crippen molar-refractivity contribution in [1.82, 2.24) is 0 Å². The third-order valence-corrected chi connectivity index (χ3v) is 4.33. The van der Waals surface area contributed by atoms with Crippen molar-refractivity contribution in [2.24, 2.45) is 16.2 Å². The van der Waals surface area contributed by atoms with E-state index >= 15 is 0 Å². The molecule has 0 atom stereocenters. The third kappa shape index (κ3) is 3.73. The second kappa shape index (κ2) is 6.08. The van der Waals surface area contributed by atoms with Crippen molar-refractivity contribution < 1.29 is 9.53 Å². The van der Waals surface area contributed by atoms with Gasteiger partial charge in [-0.3, -0.25) is 4.79 Å². The molecule has 0 aromatic rings. The predicted molar refractivity (Wildman–Crippen MR) is 77.5 cm³/mol. The summed E-state index contributed by atoms with van der Waals surface area (Å²) >= 11 is 0. The lowest BCUT2D eigenvalue weighted by Crippen LogP contribution is -2.46. The van der Waals surface area contributed by atoms with Crippen LogP contribution >= 0.6 is 0 Å². The molecular weight excluding hydrogens is 224 g/mol. The van der Waals surface area contributed by atoms with E-state index in [1.165, 1.54) is 0 Å². The first kappa shape index (κ1) is 17.5. The van der Waals surface area contributed by atoms with Gasteiger partial charge in [-0.2, -0.15) is 0 Å². The zero-order chi connectivity index (χ0) is 14.6. The fourth-order valence-corrected chi connectivity index (χ4v) is 3.15. The molecule has 0 rings (SSSR count). The largest absolute Gasteiger partial charge is 0.466 e. The van der Waals surface area contributed by atoms with Gasteiger partial charge in [-0.05, 0) is 50.9 Å². The van der Waals surface area contributed by atoms with E-state index in [2.05, 4.69) is 34.6 Å². The lowest BCUT2D eigenvalue weighted by atomic mass is 9.57. The van der Waals surface area contributed by atoms with Gasteiger partial charge < -0.3 is 4.74 Å². The number of hydrogen-bond acceptors (Lipinski definition) is 2. The minimum atomic E-state index is -0.431. The molecule has 0 saturated carbocycles. The normalized spacial score (nSPS) is 13.6. The second-order valence-electron chi connectivity index (χ2n) is 7.07. The highest BCUT2D eigenvalue weighted by Crippen LogP contribution is 2.52. The van der Waals surface area contributed by atoms with E-state index in [0.29, 0.717) is 6.61 Å². The van der Waals surface area contributed by atoms with Crippen molar-refractivity contribution in [2.45, 2.75) is 74.7 Å². The van der Waals surface area contributed by atoms with E-state index in [4.69, 9.17) is 4.74 Å². The van der Waals surface area contributed by atoms with Crippen LogP contribution in [0.2, 0.25) is 0 Å². The molecule has 2 nitrogen and oxygen atoms in total. The molecule has 0 aromatic carbocycles. The van der Waals surface area contributed by atoms with Gasteiger partial charge in [0.05, 0.1) is 12.0 Å². The van der Waals surface area contributed by atoms with Gasteiger partial charge in [0, 0.05) is 0 Å². The van der Waals surface area contributed by atoms with Gasteiger partial charge in [0.25, 0.3) is 0 Å². The quantitative estimate of drug-likeness (QED) is 0.637. The van der Waals surface area contributed by atoms with Crippen LogP contribution in [0.1, 0.15) is 74.7 Å². The Morgan fingerprint density at radius 3 is 1.67 bits per heavy atom.